The standard InChI is InChI=1S/C7H16N2.C6H5N3S/c1-2-9-5-3-4-7(9)6-8;7-4-2-1-3-5-6(4)9-10-8-5/h7H,2-6,8H2,1H3;1-3H,7H2. The lowest BCUT2D eigenvalue weighted by atomic mass is 10.2. The lowest BCUT2D eigenvalue weighted by Crippen LogP contribution is -2.34. The van der Waals surface area contributed by atoms with Gasteiger partial charge in [0.05, 0.1) is 17.4 Å². The summed E-state index contributed by atoms with van der Waals surface area (Å²) in [5, 5.41) is 0. The van der Waals surface area contributed by atoms with Crippen LogP contribution in [0.2, 0.25) is 0 Å². The van der Waals surface area contributed by atoms with E-state index in [-0.39, 0.29) is 0 Å². The van der Waals surface area contributed by atoms with Crippen molar-refractivity contribution in [3.05, 3.63) is 18.2 Å². The number of rotatable bonds is 2. The van der Waals surface area contributed by atoms with Crippen LogP contribution in [0.4, 0.5) is 5.69 Å². The molecule has 5 nitrogen and oxygen atoms in total. The number of benzene rings is 1. The normalized spacial score (nSPS) is 19.4. The van der Waals surface area contributed by atoms with Gasteiger partial charge in [-0.2, -0.15) is 8.75 Å². The zero-order valence-corrected chi connectivity index (χ0v) is 12.1. The second kappa shape index (κ2) is 6.79. The minimum absolute atomic E-state index is 0.690. The molecule has 19 heavy (non-hydrogen) atoms. The number of anilines is 1. The number of aromatic nitrogens is 2. The molecule has 2 heterocycles. The van der Waals surface area contributed by atoms with Crippen molar-refractivity contribution in [2.75, 3.05) is 25.4 Å². The molecule has 1 saturated heterocycles. The Morgan fingerprint density at radius 1 is 1.42 bits per heavy atom. The summed E-state index contributed by atoms with van der Waals surface area (Å²) in [6, 6.07) is 6.29. The predicted molar refractivity (Wildman–Crippen MR) is 81.2 cm³/mol. The fraction of sp³-hybridized carbons (Fsp3) is 0.538. The Labute approximate surface area is 117 Å². The molecule has 0 aliphatic carbocycles. The van der Waals surface area contributed by atoms with Gasteiger partial charge in [-0.15, -0.1) is 0 Å². The summed E-state index contributed by atoms with van der Waals surface area (Å²) in [4.78, 5) is 2.46. The van der Waals surface area contributed by atoms with Crippen LogP contribution in [-0.4, -0.2) is 39.3 Å². The molecule has 1 aromatic carbocycles. The number of nitrogens with two attached hydrogens (primary N) is 2. The molecular formula is C13H21N5S. The van der Waals surface area contributed by atoms with Gasteiger partial charge in [-0.05, 0) is 38.1 Å². The van der Waals surface area contributed by atoms with Gasteiger partial charge in [0.15, 0.2) is 0 Å². The maximum Gasteiger partial charge on any atom is 0.127 e. The number of nitrogen functional groups attached to an aromatic ring is 1. The molecule has 1 unspecified atom stereocenters. The van der Waals surface area contributed by atoms with Crippen LogP contribution in [0.25, 0.3) is 11.0 Å². The Kier molecular flexibility index (Phi) is 5.07. The van der Waals surface area contributed by atoms with Crippen molar-refractivity contribution in [3.63, 3.8) is 0 Å². The maximum absolute atomic E-state index is 5.60. The van der Waals surface area contributed by atoms with E-state index in [0.29, 0.717) is 11.7 Å². The molecule has 3 rings (SSSR count). The first-order chi connectivity index (χ1) is 9.26. The van der Waals surface area contributed by atoms with E-state index in [4.69, 9.17) is 11.5 Å². The molecule has 104 valence electrons. The average molecular weight is 279 g/mol. The van der Waals surface area contributed by atoms with E-state index in [2.05, 4.69) is 20.6 Å². The molecule has 6 heteroatoms. The highest BCUT2D eigenvalue weighted by molar-refractivity contribution is 7.00. The van der Waals surface area contributed by atoms with Crippen LogP contribution in [0, 0.1) is 0 Å². The second-order valence-corrected chi connectivity index (χ2v) is 5.17. The highest BCUT2D eigenvalue weighted by atomic mass is 32.1. The van der Waals surface area contributed by atoms with Crippen molar-refractivity contribution in [1.82, 2.24) is 13.6 Å². The molecule has 1 aliphatic rings. The Morgan fingerprint density at radius 3 is 2.89 bits per heavy atom. The molecule has 0 spiro atoms. The van der Waals surface area contributed by atoms with Crippen LogP contribution < -0.4 is 11.5 Å². The minimum Gasteiger partial charge on any atom is -0.397 e. The zero-order valence-electron chi connectivity index (χ0n) is 11.2. The van der Waals surface area contributed by atoms with Gasteiger partial charge in [0.2, 0.25) is 0 Å². The quantitative estimate of drug-likeness (QED) is 0.818. The third-order valence-corrected chi connectivity index (χ3v) is 4.04. The summed E-state index contributed by atoms with van der Waals surface area (Å²) in [6.07, 6.45) is 2.65. The van der Waals surface area contributed by atoms with Gasteiger partial charge in [0.25, 0.3) is 0 Å². The summed E-state index contributed by atoms with van der Waals surface area (Å²) in [5.41, 5.74) is 13.6. The van der Waals surface area contributed by atoms with E-state index in [1.807, 2.05) is 18.2 Å². The van der Waals surface area contributed by atoms with Crippen molar-refractivity contribution in [1.29, 1.82) is 0 Å². The summed E-state index contributed by atoms with van der Waals surface area (Å²) in [6.45, 7) is 5.47. The predicted octanol–water partition coefficient (Wildman–Crippen LogP) is 1.70. The average Bonchev–Trinajstić information content (AvgIpc) is 3.08. The fourth-order valence-electron chi connectivity index (χ4n) is 2.41. The van der Waals surface area contributed by atoms with Gasteiger partial charge in [-0.1, -0.05) is 13.0 Å². The minimum atomic E-state index is 0.690. The molecule has 2 aromatic rings. The van der Waals surface area contributed by atoms with Gasteiger partial charge < -0.3 is 11.5 Å². The molecule has 0 radical (unpaired) electrons. The van der Waals surface area contributed by atoms with E-state index in [9.17, 15) is 0 Å². The molecule has 0 amide bonds. The number of nitrogens with zero attached hydrogens (tertiary/aromatic N) is 3. The molecule has 0 saturated carbocycles. The number of fused-ring (bicyclic) bond motifs is 1. The topological polar surface area (TPSA) is 81.1 Å². The number of hydrogen-bond donors (Lipinski definition) is 2. The van der Waals surface area contributed by atoms with Crippen molar-refractivity contribution in [3.8, 4) is 0 Å². The van der Waals surface area contributed by atoms with E-state index >= 15 is 0 Å². The van der Waals surface area contributed by atoms with Gasteiger partial charge >= 0.3 is 0 Å². The number of hydrogen-bond acceptors (Lipinski definition) is 6. The Hall–Kier alpha value is -1.24. The van der Waals surface area contributed by atoms with E-state index in [1.54, 1.807) is 0 Å². The van der Waals surface area contributed by atoms with Crippen LogP contribution >= 0.6 is 11.7 Å². The third kappa shape index (κ3) is 3.40. The van der Waals surface area contributed by atoms with E-state index in [0.717, 1.165) is 17.6 Å². The molecule has 1 atom stereocenters. The van der Waals surface area contributed by atoms with Crippen molar-refractivity contribution in [2.45, 2.75) is 25.8 Å². The van der Waals surface area contributed by atoms with E-state index in [1.165, 1.54) is 37.7 Å². The summed E-state index contributed by atoms with van der Waals surface area (Å²) in [5.74, 6) is 0. The molecule has 1 fully saturated rings. The van der Waals surface area contributed by atoms with Gasteiger partial charge in [0.1, 0.15) is 11.0 Å². The van der Waals surface area contributed by atoms with Gasteiger partial charge in [0, 0.05) is 12.6 Å². The lowest BCUT2D eigenvalue weighted by Gasteiger charge is -2.20. The summed E-state index contributed by atoms with van der Waals surface area (Å²) in [7, 11) is 0. The zero-order chi connectivity index (χ0) is 13.7. The van der Waals surface area contributed by atoms with Crippen molar-refractivity contribution >= 4 is 28.4 Å². The summed E-state index contributed by atoms with van der Waals surface area (Å²) >= 11 is 1.19. The van der Waals surface area contributed by atoms with Gasteiger partial charge in [-0.3, -0.25) is 4.90 Å². The Morgan fingerprint density at radius 2 is 2.26 bits per heavy atom. The largest absolute Gasteiger partial charge is 0.397 e. The number of likely N-dealkylation sites (tertiary alicyclic amines) is 1. The highest BCUT2D eigenvalue weighted by Gasteiger charge is 2.20. The first-order valence-electron chi connectivity index (χ1n) is 6.67. The van der Waals surface area contributed by atoms with Crippen LogP contribution in [0.1, 0.15) is 19.8 Å². The molecule has 1 aromatic heterocycles. The van der Waals surface area contributed by atoms with Crippen LogP contribution in [-0.2, 0) is 0 Å². The SMILES string of the molecule is CCN1CCCC1CN.Nc1cccc2nsnc12. The number of likely N-dealkylation sites (N-methyl/N-ethyl adjacent to an activating group) is 1. The van der Waals surface area contributed by atoms with Crippen molar-refractivity contribution < 1.29 is 0 Å². The third-order valence-electron chi connectivity index (χ3n) is 3.49. The smallest absolute Gasteiger partial charge is 0.127 e. The first-order valence-corrected chi connectivity index (χ1v) is 7.40. The highest BCUT2D eigenvalue weighted by Crippen LogP contribution is 2.17. The molecule has 1 aliphatic heterocycles. The summed E-state index contributed by atoms with van der Waals surface area (Å²) < 4.78 is 8.05. The first kappa shape index (κ1) is 14.2. The van der Waals surface area contributed by atoms with Crippen molar-refractivity contribution in [2.24, 2.45) is 5.73 Å². The monoisotopic (exact) mass is 279 g/mol. The lowest BCUT2D eigenvalue weighted by molar-refractivity contribution is 0.272. The van der Waals surface area contributed by atoms with Crippen LogP contribution in [0.3, 0.4) is 0 Å². The van der Waals surface area contributed by atoms with Crippen LogP contribution in [0.5, 0.6) is 0 Å². The Balaban J connectivity index is 0.000000141. The molecular weight excluding hydrogens is 258 g/mol. The maximum atomic E-state index is 5.60. The second-order valence-electron chi connectivity index (χ2n) is 4.64. The molecule has 0 bridgehead atoms. The molecule has 4 N–H and O–H groups in total. The van der Waals surface area contributed by atoms with Gasteiger partial charge in [-0.25, -0.2) is 0 Å². The van der Waals surface area contributed by atoms with Crippen LogP contribution in [0.15, 0.2) is 18.2 Å². The fourth-order valence-corrected chi connectivity index (χ4v) is 2.96. The Bertz CT molecular complexity index is 502. The van der Waals surface area contributed by atoms with E-state index < -0.39 is 0 Å².